The van der Waals surface area contributed by atoms with E-state index in [0.29, 0.717) is 23.8 Å². The molecule has 1 N–H and O–H groups in total. The molecular formula is C27H45NO2. The Labute approximate surface area is 184 Å². The predicted molar refractivity (Wildman–Crippen MR) is 123 cm³/mol. The average Bonchev–Trinajstić information content (AvgIpc) is 3.01. The molecule has 170 valence electrons. The van der Waals surface area contributed by atoms with Crippen LogP contribution in [-0.4, -0.2) is 35.1 Å². The van der Waals surface area contributed by atoms with E-state index in [9.17, 15) is 9.90 Å². The SMILES string of the molecule is CC(C)CCC[C@@H](C)[C@H]1CN(C=O)[C@H]2C3=C(CC[C@]12C)[C@@]1(C)CC[C@H](O)C[C@@H]1CC3. The number of aliphatic hydroxyl groups is 1. The first-order valence-electron chi connectivity index (χ1n) is 12.8. The molecule has 0 radical (unpaired) electrons. The number of nitrogens with zero attached hydrogens (tertiary/aromatic N) is 1. The van der Waals surface area contributed by atoms with Gasteiger partial charge in [-0.05, 0) is 85.0 Å². The molecule has 3 nitrogen and oxygen atoms in total. The van der Waals surface area contributed by atoms with Gasteiger partial charge >= 0.3 is 0 Å². The van der Waals surface area contributed by atoms with E-state index in [4.69, 9.17) is 0 Å². The maximum Gasteiger partial charge on any atom is 0.210 e. The van der Waals surface area contributed by atoms with Crippen LogP contribution in [0.2, 0.25) is 0 Å². The molecule has 7 atom stereocenters. The van der Waals surface area contributed by atoms with E-state index in [2.05, 4.69) is 39.5 Å². The lowest BCUT2D eigenvalue weighted by Gasteiger charge is -2.55. The monoisotopic (exact) mass is 415 g/mol. The van der Waals surface area contributed by atoms with Crippen molar-refractivity contribution in [1.82, 2.24) is 4.90 Å². The van der Waals surface area contributed by atoms with Crippen LogP contribution in [0.15, 0.2) is 11.1 Å². The van der Waals surface area contributed by atoms with Gasteiger partial charge in [0.05, 0.1) is 12.1 Å². The molecule has 0 aromatic rings. The average molecular weight is 416 g/mol. The standard InChI is InChI=1S/C27H45NO2/c1-18(2)7-6-8-19(3)24-16-28(17-29)25-22-10-9-20-15-21(30)11-13-26(20,4)23(22)12-14-27(24,25)5/h17-21,24-25,30H,6-16H2,1-5H3/t19-,20+,21+,24-,25+,26+,27-/m1/s1. The molecule has 1 aliphatic heterocycles. The lowest BCUT2D eigenvalue weighted by molar-refractivity contribution is -0.119. The second kappa shape index (κ2) is 8.26. The maximum atomic E-state index is 12.2. The quantitative estimate of drug-likeness (QED) is 0.429. The van der Waals surface area contributed by atoms with E-state index in [1.165, 1.54) is 44.9 Å². The summed E-state index contributed by atoms with van der Waals surface area (Å²) < 4.78 is 0. The zero-order chi connectivity index (χ0) is 21.7. The van der Waals surface area contributed by atoms with Gasteiger partial charge in [0, 0.05) is 6.54 Å². The number of rotatable bonds is 6. The molecule has 1 saturated heterocycles. The van der Waals surface area contributed by atoms with Crippen molar-refractivity contribution >= 4 is 6.41 Å². The van der Waals surface area contributed by atoms with Gasteiger partial charge in [0.25, 0.3) is 0 Å². The van der Waals surface area contributed by atoms with Gasteiger partial charge in [-0.25, -0.2) is 0 Å². The molecule has 1 amide bonds. The van der Waals surface area contributed by atoms with Gasteiger partial charge in [-0.15, -0.1) is 0 Å². The van der Waals surface area contributed by atoms with Crippen molar-refractivity contribution in [3.8, 4) is 0 Å². The van der Waals surface area contributed by atoms with E-state index in [0.717, 1.165) is 38.1 Å². The smallest absolute Gasteiger partial charge is 0.210 e. The van der Waals surface area contributed by atoms with E-state index in [1.54, 1.807) is 11.1 Å². The molecule has 30 heavy (non-hydrogen) atoms. The van der Waals surface area contributed by atoms with Gasteiger partial charge in [-0.2, -0.15) is 0 Å². The van der Waals surface area contributed by atoms with Crippen molar-refractivity contribution < 1.29 is 9.90 Å². The minimum absolute atomic E-state index is 0.104. The van der Waals surface area contributed by atoms with E-state index in [1.807, 2.05) is 0 Å². The first-order valence-corrected chi connectivity index (χ1v) is 12.8. The Morgan fingerprint density at radius 1 is 1.13 bits per heavy atom. The third-order valence-corrected chi connectivity index (χ3v) is 10.0. The van der Waals surface area contributed by atoms with Gasteiger partial charge in [-0.1, -0.05) is 59.5 Å². The van der Waals surface area contributed by atoms with Crippen LogP contribution in [0.3, 0.4) is 0 Å². The number of carbonyl (C=O) groups is 1. The van der Waals surface area contributed by atoms with Crippen molar-refractivity contribution in [1.29, 1.82) is 0 Å². The molecule has 1 saturated carbocycles. The molecular weight excluding hydrogens is 370 g/mol. The summed E-state index contributed by atoms with van der Waals surface area (Å²) in [5.74, 6) is 2.71. The highest BCUT2D eigenvalue weighted by Crippen LogP contribution is 2.62. The van der Waals surface area contributed by atoms with Crippen molar-refractivity contribution in [3.05, 3.63) is 11.1 Å². The van der Waals surface area contributed by atoms with Gasteiger partial charge < -0.3 is 10.0 Å². The lowest BCUT2D eigenvalue weighted by Crippen LogP contribution is -2.50. The second-order valence-corrected chi connectivity index (χ2v) is 12.2. The Bertz CT molecular complexity index is 684. The second-order valence-electron chi connectivity index (χ2n) is 12.2. The van der Waals surface area contributed by atoms with Crippen molar-refractivity contribution in [2.75, 3.05) is 6.54 Å². The van der Waals surface area contributed by atoms with Crippen LogP contribution in [0.1, 0.15) is 98.8 Å². The third kappa shape index (κ3) is 3.57. The number of allylic oxidation sites excluding steroid dienone is 1. The van der Waals surface area contributed by atoms with Gasteiger partial charge in [-0.3, -0.25) is 4.79 Å². The number of hydrogen-bond donors (Lipinski definition) is 1. The Kier molecular flexibility index (Phi) is 6.16. The third-order valence-electron chi connectivity index (χ3n) is 10.0. The van der Waals surface area contributed by atoms with Gasteiger partial charge in [0.1, 0.15) is 0 Å². The summed E-state index contributed by atoms with van der Waals surface area (Å²) in [5, 5.41) is 10.3. The molecule has 4 rings (SSSR count). The van der Waals surface area contributed by atoms with Gasteiger partial charge in [0.15, 0.2) is 0 Å². The number of likely N-dealkylation sites (tertiary alicyclic amines) is 1. The number of amides is 1. The minimum Gasteiger partial charge on any atom is -0.393 e. The lowest BCUT2D eigenvalue weighted by atomic mass is 9.51. The summed E-state index contributed by atoms with van der Waals surface area (Å²) in [6, 6.07) is 0.320. The number of aliphatic hydroxyl groups excluding tert-OH is 1. The van der Waals surface area contributed by atoms with E-state index < -0.39 is 0 Å². The Hall–Kier alpha value is -0.830. The van der Waals surface area contributed by atoms with Crippen molar-refractivity contribution in [3.63, 3.8) is 0 Å². The molecule has 3 aliphatic carbocycles. The first-order chi connectivity index (χ1) is 14.2. The normalized spacial score (nSPS) is 42.0. The first kappa shape index (κ1) is 22.4. The number of carbonyl (C=O) groups excluding carboxylic acids is 1. The number of fused-ring (bicyclic) bond motifs is 4. The molecule has 0 spiro atoms. The highest BCUT2D eigenvalue weighted by molar-refractivity contribution is 5.53. The fraction of sp³-hybridized carbons (Fsp3) is 0.889. The van der Waals surface area contributed by atoms with Crippen molar-refractivity contribution in [2.45, 2.75) is 111 Å². The molecule has 1 heterocycles. The minimum atomic E-state index is -0.104. The van der Waals surface area contributed by atoms with Crippen molar-refractivity contribution in [2.24, 2.45) is 34.5 Å². The molecule has 0 aromatic carbocycles. The van der Waals surface area contributed by atoms with Crippen LogP contribution in [0, 0.1) is 34.5 Å². The zero-order valence-corrected chi connectivity index (χ0v) is 20.1. The maximum absolute atomic E-state index is 12.2. The van der Waals surface area contributed by atoms with E-state index >= 15 is 0 Å². The van der Waals surface area contributed by atoms with E-state index in [-0.39, 0.29) is 16.9 Å². The fourth-order valence-electron chi connectivity index (χ4n) is 8.23. The fourth-order valence-corrected chi connectivity index (χ4v) is 8.23. The van der Waals surface area contributed by atoms with Crippen LogP contribution in [-0.2, 0) is 4.79 Å². The van der Waals surface area contributed by atoms with Crippen LogP contribution in [0.5, 0.6) is 0 Å². The molecule has 2 fully saturated rings. The largest absolute Gasteiger partial charge is 0.393 e. The summed E-state index contributed by atoms with van der Waals surface area (Å²) in [7, 11) is 0. The predicted octanol–water partition coefficient (Wildman–Crippen LogP) is 5.96. The summed E-state index contributed by atoms with van der Waals surface area (Å²) in [5.41, 5.74) is 3.80. The van der Waals surface area contributed by atoms with Crippen LogP contribution >= 0.6 is 0 Å². The molecule has 0 bridgehead atoms. The number of hydrogen-bond acceptors (Lipinski definition) is 2. The zero-order valence-electron chi connectivity index (χ0n) is 20.1. The Balaban J connectivity index is 1.61. The Morgan fingerprint density at radius 3 is 2.60 bits per heavy atom. The molecule has 0 aromatic heterocycles. The van der Waals surface area contributed by atoms with Crippen LogP contribution in [0.4, 0.5) is 0 Å². The van der Waals surface area contributed by atoms with Crippen LogP contribution < -0.4 is 0 Å². The van der Waals surface area contributed by atoms with Gasteiger partial charge in [0.2, 0.25) is 6.41 Å². The Morgan fingerprint density at radius 2 is 1.90 bits per heavy atom. The topological polar surface area (TPSA) is 40.5 Å². The highest BCUT2D eigenvalue weighted by atomic mass is 16.3. The highest BCUT2D eigenvalue weighted by Gasteiger charge is 2.58. The summed E-state index contributed by atoms with van der Waals surface area (Å²) in [6.07, 6.45) is 12.8. The molecule has 0 unspecified atom stereocenters. The van der Waals surface area contributed by atoms with Crippen LogP contribution in [0.25, 0.3) is 0 Å². The summed E-state index contributed by atoms with van der Waals surface area (Å²) >= 11 is 0. The summed E-state index contributed by atoms with van der Waals surface area (Å²) in [4.78, 5) is 14.4. The molecule has 3 heteroatoms. The summed E-state index contributed by atoms with van der Waals surface area (Å²) in [6.45, 7) is 13.0. The molecule has 4 aliphatic rings.